The minimum Gasteiger partial charge on any atom is -0.300 e. The molecule has 1 aliphatic heterocycles. The Balaban J connectivity index is 1.45. The maximum absolute atomic E-state index is 2.77. The van der Waals surface area contributed by atoms with Crippen LogP contribution in [0.1, 0.15) is 107 Å². The number of benzene rings is 1. The summed E-state index contributed by atoms with van der Waals surface area (Å²) >= 11 is 0. The van der Waals surface area contributed by atoms with Crippen LogP contribution in [0.4, 0.5) is 0 Å². The monoisotopic (exact) mass is 405 g/mol. The van der Waals surface area contributed by atoms with E-state index in [0.29, 0.717) is 11.3 Å². The molecule has 0 radical (unpaired) electrons. The van der Waals surface area contributed by atoms with Gasteiger partial charge >= 0.3 is 0 Å². The highest BCUT2D eigenvalue weighted by Gasteiger charge is 2.49. The van der Waals surface area contributed by atoms with Crippen LogP contribution in [0.2, 0.25) is 0 Å². The Bertz CT molecular complexity index is 835. The molecular weight excluding hydrogens is 362 g/mol. The quantitative estimate of drug-likeness (QED) is 0.474. The lowest BCUT2D eigenvalue weighted by atomic mass is 9.57. The molecule has 30 heavy (non-hydrogen) atoms. The first kappa shape index (κ1) is 20.8. The van der Waals surface area contributed by atoms with Crippen molar-refractivity contribution >= 4 is 0 Å². The van der Waals surface area contributed by atoms with Crippen molar-refractivity contribution in [1.29, 1.82) is 0 Å². The van der Waals surface area contributed by atoms with Crippen LogP contribution in [-0.2, 0) is 6.42 Å². The molecule has 0 spiro atoms. The molecule has 0 amide bonds. The van der Waals surface area contributed by atoms with E-state index in [-0.39, 0.29) is 0 Å². The fraction of sp³-hybridized carbons (Fsp3) is 0.724. The zero-order valence-electron chi connectivity index (χ0n) is 20.1. The predicted octanol–water partition coefficient (Wildman–Crippen LogP) is 7.39. The summed E-state index contributed by atoms with van der Waals surface area (Å²) in [6.07, 6.45) is 13.7. The fourth-order valence-electron chi connectivity index (χ4n) is 8.13. The van der Waals surface area contributed by atoms with Gasteiger partial charge in [0.05, 0.1) is 0 Å². The number of hydrogen-bond acceptors (Lipinski definition) is 1. The van der Waals surface area contributed by atoms with E-state index in [1.165, 1.54) is 64.5 Å². The van der Waals surface area contributed by atoms with Crippen LogP contribution in [0.3, 0.4) is 0 Å². The number of likely N-dealkylation sites (tertiary alicyclic amines) is 1. The van der Waals surface area contributed by atoms with Crippen LogP contribution in [0.15, 0.2) is 23.8 Å². The highest BCUT2D eigenvalue weighted by molar-refractivity contribution is 5.49. The van der Waals surface area contributed by atoms with Gasteiger partial charge in [0.15, 0.2) is 0 Å². The Morgan fingerprint density at radius 2 is 2.03 bits per heavy atom. The van der Waals surface area contributed by atoms with E-state index in [1.807, 2.05) is 5.57 Å². The van der Waals surface area contributed by atoms with E-state index < -0.39 is 0 Å². The van der Waals surface area contributed by atoms with Crippen molar-refractivity contribution in [3.05, 3.63) is 46.0 Å². The fourth-order valence-corrected chi connectivity index (χ4v) is 8.13. The summed E-state index contributed by atoms with van der Waals surface area (Å²) in [7, 11) is 0. The third kappa shape index (κ3) is 3.14. The molecule has 6 atom stereocenters. The normalized spacial score (nSPS) is 37.2. The number of fused-ring (bicyclic) bond motifs is 5. The van der Waals surface area contributed by atoms with Gasteiger partial charge in [-0.25, -0.2) is 0 Å². The van der Waals surface area contributed by atoms with Gasteiger partial charge in [-0.1, -0.05) is 57.9 Å². The standard InChI is InChI=1S/C29H43N/c1-6-30-18-19(2)10-15-28(30)21(4)23-13-14-24-25-12-11-22-9-7-8-16-29(22,5)27(25)17-26(24)20(23)3/h11,13-14,19,21,25,27-28H,6-10,12,15-18H2,1-5H3. The number of hydrogen-bond donors (Lipinski definition) is 0. The summed E-state index contributed by atoms with van der Waals surface area (Å²) in [5.74, 6) is 3.12. The number of nitrogens with zero attached hydrogens (tertiary/aromatic N) is 1. The molecule has 164 valence electrons. The molecule has 2 fully saturated rings. The number of likely N-dealkylation sites (N-methyl/N-ethyl adjacent to an activating group) is 1. The maximum atomic E-state index is 2.77. The molecule has 1 saturated carbocycles. The first-order chi connectivity index (χ1) is 14.4. The Morgan fingerprint density at radius 3 is 2.83 bits per heavy atom. The topological polar surface area (TPSA) is 3.24 Å². The van der Waals surface area contributed by atoms with E-state index in [9.17, 15) is 0 Å². The van der Waals surface area contributed by atoms with Gasteiger partial charge in [0.1, 0.15) is 0 Å². The predicted molar refractivity (Wildman–Crippen MR) is 128 cm³/mol. The summed E-state index contributed by atoms with van der Waals surface area (Å²) in [4.78, 5) is 2.77. The number of rotatable bonds is 3. The molecule has 0 N–H and O–H groups in total. The van der Waals surface area contributed by atoms with Gasteiger partial charge in [0.25, 0.3) is 0 Å². The lowest BCUT2D eigenvalue weighted by Gasteiger charge is -2.47. The van der Waals surface area contributed by atoms with E-state index in [1.54, 1.807) is 22.3 Å². The SMILES string of the molecule is CCN1CC(C)CCC1C(C)c1ccc2c(c1C)CC1C2CC=C2CCCCC21C. The van der Waals surface area contributed by atoms with E-state index >= 15 is 0 Å². The Morgan fingerprint density at radius 1 is 1.20 bits per heavy atom. The highest BCUT2D eigenvalue weighted by atomic mass is 15.2. The molecule has 1 nitrogen and oxygen atoms in total. The van der Waals surface area contributed by atoms with Crippen LogP contribution >= 0.6 is 0 Å². The smallest absolute Gasteiger partial charge is 0.0161 e. The first-order valence-electron chi connectivity index (χ1n) is 13.0. The molecule has 1 heteroatoms. The minimum atomic E-state index is 0.469. The average molecular weight is 406 g/mol. The molecule has 0 bridgehead atoms. The van der Waals surface area contributed by atoms with Gasteiger partial charge in [-0.05, 0) is 110 Å². The van der Waals surface area contributed by atoms with Crippen molar-refractivity contribution in [3.8, 4) is 0 Å². The van der Waals surface area contributed by atoms with Gasteiger partial charge in [-0.3, -0.25) is 4.90 Å². The number of allylic oxidation sites excluding steroid dienone is 2. The molecule has 6 unspecified atom stereocenters. The summed E-state index contributed by atoms with van der Waals surface area (Å²) < 4.78 is 0. The van der Waals surface area contributed by atoms with Gasteiger partial charge in [-0.2, -0.15) is 0 Å². The molecular formula is C29H43N. The summed E-state index contributed by atoms with van der Waals surface area (Å²) in [6.45, 7) is 14.9. The van der Waals surface area contributed by atoms with E-state index in [2.05, 4.69) is 57.7 Å². The zero-order chi connectivity index (χ0) is 21.0. The van der Waals surface area contributed by atoms with Crippen molar-refractivity contribution < 1.29 is 0 Å². The summed E-state index contributed by atoms with van der Waals surface area (Å²) in [5.41, 5.74) is 9.02. The molecule has 0 aromatic heterocycles. The van der Waals surface area contributed by atoms with Crippen molar-refractivity contribution in [3.63, 3.8) is 0 Å². The maximum Gasteiger partial charge on any atom is 0.0161 e. The summed E-state index contributed by atoms with van der Waals surface area (Å²) in [5, 5.41) is 0. The molecule has 1 aromatic carbocycles. The Labute approximate surface area is 185 Å². The van der Waals surface area contributed by atoms with Gasteiger partial charge in [-0.15, -0.1) is 0 Å². The van der Waals surface area contributed by atoms with Crippen molar-refractivity contribution in [2.45, 2.75) is 104 Å². The van der Waals surface area contributed by atoms with Crippen molar-refractivity contribution in [2.24, 2.45) is 17.3 Å². The van der Waals surface area contributed by atoms with Gasteiger partial charge in [0.2, 0.25) is 0 Å². The molecule has 1 saturated heterocycles. The molecule has 5 rings (SSSR count). The lowest BCUT2D eigenvalue weighted by Crippen LogP contribution is -2.45. The van der Waals surface area contributed by atoms with Crippen molar-refractivity contribution in [2.75, 3.05) is 13.1 Å². The van der Waals surface area contributed by atoms with Gasteiger partial charge in [0, 0.05) is 12.6 Å². The first-order valence-corrected chi connectivity index (χ1v) is 13.0. The Hall–Kier alpha value is -1.08. The third-order valence-corrected chi connectivity index (χ3v) is 9.99. The van der Waals surface area contributed by atoms with Crippen LogP contribution in [0.5, 0.6) is 0 Å². The second-order valence-electron chi connectivity index (χ2n) is 11.5. The highest BCUT2D eigenvalue weighted by Crippen LogP contribution is 2.60. The minimum absolute atomic E-state index is 0.469. The van der Waals surface area contributed by atoms with Crippen LogP contribution in [0, 0.1) is 24.2 Å². The van der Waals surface area contributed by atoms with Crippen molar-refractivity contribution in [1.82, 2.24) is 4.90 Å². The second kappa shape index (κ2) is 7.80. The molecule has 1 aromatic rings. The average Bonchev–Trinajstić information content (AvgIpc) is 3.14. The second-order valence-corrected chi connectivity index (χ2v) is 11.5. The molecule has 3 aliphatic carbocycles. The van der Waals surface area contributed by atoms with Gasteiger partial charge < -0.3 is 0 Å². The number of piperidine rings is 1. The largest absolute Gasteiger partial charge is 0.300 e. The van der Waals surface area contributed by atoms with E-state index in [4.69, 9.17) is 0 Å². The van der Waals surface area contributed by atoms with Crippen LogP contribution in [0.25, 0.3) is 0 Å². The third-order valence-electron chi connectivity index (χ3n) is 9.99. The lowest BCUT2D eigenvalue weighted by molar-refractivity contribution is 0.104. The van der Waals surface area contributed by atoms with E-state index in [0.717, 1.165) is 23.8 Å². The molecule has 1 heterocycles. The summed E-state index contributed by atoms with van der Waals surface area (Å²) in [6, 6.07) is 5.82. The zero-order valence-corrected chi connectivity index (χ0v) is 20.1. The Kier molecular flexibility index (Phi) is 5.41. The van der Waals surface area contributed by atoms with Crippen LogP contribution < -0.4 is 0 Å². The van der Waals surface area contributed by atoms with Crippen LogP contribution in [-0.4, -0.2) is 24.0 Å². The molecule has 4 aliphatic rings.